The van der Waals surface area contributed by atoms with Gasteiger partial charge in [-0.05, 0) is 49.6 Å². The van der Waals surface area contributed by atoms with Crippen LogP contribution in [0.1, 0.15) is 34.7 Å². The van der Waals surface area contributed by atoms with Gasteiger partial charge < -0.3 is 13.9 Å². The van der Waals surface area contributed by atoms with Crippen LogP contribution in [-0.2, 0) is 19.5 Å². The highest BCUT2D eigenvalue weighted by Gasteiger charge is 2.23. The zero-order chi connectivity index (χ0) is 19.8. The van der Waals surface area contributed by atoms with E-state index in [-0.39, 0.29) is 5.63 Å². The summed E-state index contributed by atoms with van der Waals surface area (Å²) in [6.07, 6.45) is 0.667. The van der Waals surface area contributed by atoms with Crippen LogP contribution in [0.4, 0.5) is 0 Å². The van der Waals surface area contributed by atoms with Gasteiger partial charge in [0.2, 0.25) is 0 Å². The van der Waals surface area contributed by atoms with Gasteiger partial charge in [0.1, 0.15) is 23.8 Å². The van der Waals surface area contributed by atoms with Crippen LogP contribution in [0, 0.1) is 13.8 Å². The zero-order valence-electron chi connectivity index (χ0n) is 16.8. The summed E-state index contributed by atoms with van der Waals surface area (Å²) >= 11 is 0. The molecular formula is C23H25NO4. The highest BCUT2D eigenvalue weighted by molar-refractivity contribution is 5.87. The Hall–Kier alpha value is -2.79. The van der Waals surface area contributed by atoms with Crippen molar-refractivity contribution in [1.82, 2.24) is 4.90 Å². The number of hydrogen-bond donors (Lipinski definition) is 0. The van der Waals surface area contributed by atoms with Gasteiger partial charge in [-0.25, -0.2) is 4.79 Å². The third-order valence-corrected chi connectivity index (χ3v) is 5.54. The van der Waals surface area contributed by atoms with E-state index in [1.54, 1.807) is 7.11 Å². The Morgan fingerprint density at radius 1 is 1.14 bits per heavy atom. The molecule has 146 valence electrons. The Balaban J connectivity index is 1.68. The molecule has 0 amide bonds. The van der Waals surface area contributed by atoms with E-state index in [2.05, 4.69) is 23.1 Å². The van der Waals surface area contributed by atoms with Gasteiger partial charge in [-0.15, -0.1) is 0 Å². The molecule has 0 fully saturated rings. The highest BCUT2D eigenvalue weighted by atomic mass is 16.5. The Morgan fingerprint density at radius 3 is 2.57 bits per heavy atom. The first kappa shape index (κ1) is 18.6. The molecule has 0 unspecified atom stereocenters. The lowest BCUT2D eigenvalue weighted by molar-refractivity contribution is 0.0881. The summed E-state index contributed by atoms with van der Waals surface area (Å²) in [5.74, 6) is 1.69. The van der Waals surface area contributed by atoms with E-state index in [1.807, 2.05) is 32.9 Å². The monoisotopic (exact) mass is 379 g/mol. The second-order valence-electron chi connectivity index (χ2n) is 7.32. The number of fused-ring (bicyclic) bond motifs is 2. The number of ether oxygens (including phenoxy) is 2. The molecule has 0 saturated heterocycles. The van der Waals surface area contributed by atoms with Crippen molar-refractivity contribution in [3.63, 3.8) is 0 Å². The highest BCUT2D eigenvalue weighted by Crippen LogP contribution is 2.36. The van der Waals surface area contributed by atoms with E-state index in [4.69, 9.17) is 13.9 Å². The quantitative estimate of drug-likeness (QED) is 0.632. The number of methoxy groups -OCH3 is 1. The minimum Gasteiger partial charge on any atom is -0.497 e. The van der Waals surface area contributed by atoms with Gasteiger partial charge in [-0.2, -0.15) is 0 Å². The molecule has 0 aliphatic carbocycles. The maximum atomic E-state index is 12.3. The Bertz CT molecular complexity index is 1080. The normalized spacial score (nSPS) is 14.0. The number of hydrogen-bond acceptors (Lipinski definition) is 5. The summed E-state index contributed by atoms with van der Waals surface area (Å²) in [5, 5.41) is 1.00. The van der Waals surface area contributed by atoms with E-state index >= 15 is 0 Å². The molecule has 1 aliphatic heterocycles. The van der Waals surface area contributed by atoms with Gasteiger partial charge in [-0.3, -0.25) is 4.90 Å². The van der Waals surface area contributed by atoms with Crippen LogP contribution in [-0.4, -0.2) is 18.7 Å². The van der Waals surface area contributed by atoms with Crippen molar-refractivity contribution in [3.8, 4) is 11.5 Å². The molecule has 5 heteroatoms. The lowest BCUT2D eigenvalue weighted by atomic mass is 9.98. The predicted octanol–water partition coefficient (Wildman–Crippen LogP) is 4.33. The summed E-state index contributed by atoms with van der Waals surface area (Å²) in [4.78, 5) is 14.5. The van der Waals surface area contributed by atoms with E-state index in [1.165, 1.54) is 5.56 Å². The average Bonchev–Trinajstić information content (AvgIpc) is 2.70. The molecule has 0 N–H and O–H groups in total. The molecule has 28 heavy (non-hydrogen) atoms. The summed E-state index contributed by atoms with van der Waals surface area (Å²) in [6.45, 7) is 8.04. The third-order valence-electron chi connectivity index (χ3n) is 5.54. The third kappa shape index (κ3) is 3.16. The van der Waals surface area contributed by atoms with Crippen molar-refractivity contribution < 1.29 is 13.9 Å². The second kappa shape index (κ2) is 7.32. The summed E-state index contributed by atoms with van der Waals surface area (Å²) in [5.41, 5.74) is 5.39. The lowest BCUT2D eigenvalue weighted by Crippen LogP contribution is -2.32. The first-order valence-corrected chi connectivity index (χ1v) is 9.58. The number of aryl methyl sites for hydroxylation is 2. The largest absolute Gasteiger partial charge is 0.497 e. The van der Waals surface area contributed by atoms with E-state index in [0.29, 0.717) is 18.7 Å². The van der Waals surface area contributed by atoms with Gasteiger partial charge in [0.15, 0.2) is 0 Å². The molecule has 0 atom stereocenters. The summed E-state index contributed by atoms with van der Waals surface area (Å²) < 4.78 is 16.9. The number of nitrogens with zero attached hydrogens (tertiary/aromatic N) is 1. The summed E-state index contributed by atoms with van der Waals surface area (Å²) in [6, 6.07) is 10.2. The molecule has 5 nitrogen and oxygen atoms in total. The van der Waals surface area contributed by atoms with E-state index in [9.17, 15) is 4.79 Å². The Morgan fingerprint density at radius 2 is 1.89 bits per heavy atom. The molecule has 3 aromatic rings. The molecular weight excluding hydrogens is 354 g/mol. The van der Waals surface area contributed by atoms with Gasteiger partial charge in [0.05, 0.1) is 7.11 Å². The van der Waals surface area contributed by atoms with Crippen LogP contribution in [0.25, 0.3) is 11.0 Å². The topological polar surface area (TPSA) is 51.9 Å². The molecule has 2 aromatic carbocycles. The van der Waals surface area contributed by atoms with Crippen molar-refractivity contribution >= 4 is 11.0 Å². The fraction of sp³-hybridized carbons (Fsp3) is 0.348. The van der Waals surface area contributed by atoms with Crippen molar-refractivity contribution in [2.75, 3.05) is 13.8 Å². The van der Waals surface area contributed by atoms with Gasteiger partial charge in [-0.1, -0.05) is 19.1 Å². The van der Waals surface area contributed by atoms with Crippen molar-refractivity contribution in [2.24, 2.45) is 0 Å². The second-order valence-corrected chi connectivity index (χ2v) is 7.32. The van der Waals surface area contributed by atoms with Crippen LogP contribution < -0.4 is 15.1 Å². The average molecular weight is 379 g/mol. The SMILES string of the molecule is CCc1c(C)c2cc3c(c(C)c2oc1=O)OCN(Cc1ccc(OC)cc1)C3. The molecule has 1 aromatic heterocycles. The van der Waals surface area contributed by atoms with Gasteiger partial charge >= 0.3 is 5.63 Å². The standard InChI is InChI=1S/C23H25NO4/c1-5-19-14(2)20-10-17-12-24(11-16-6-8-18(26-4)9-7-16)13-27-21(17)15(3)22(20)28-23(19)25/h6-10H,5,11-13H2,1-4H3. The minimum absolute atomic E-state index is 0.243. The maximum absolute atomic E-state index is 12.3. The molecule has 0 bridgehead atoms. The van der Waals surface area contributed by atoms with Crippen LogP contribution in [0.5, 0.6) is 11.5 Å². The minimum atomic E-state index is -0.243. The van der Waals surface area contributed by atoms with Gasteiger partial charge in [0.25, 0.3) is 0 Å². The zero-order valence-corrected chi connectivity index (χ0v) is 16.8. The van der Waals surface area contributed by atoms with E-state index < -0.39 is 0 Å². The van der Waals surface area contributed by atoms with Crippen LogP contribution >= 0.6 is 0 Å². The van der Waals surface area contributed by atoms with Crippen molar-refractivity contribution in [1.29, 1.82) is 0 Å². The molecule has 0 spiro atoms. The fourth-order valence-corrected chi connectivity index (χ4v) is 3.99. The van der Waals surface area contributed by atoms with Gasteiger partial charge in [0, 0.05) is 35.2 Å². The lowest BCUT2D eigenvalue weighted by Gasteiger charge is -2.30. The first-order chi connectivity index (χ1) is 13.5. The number of rotatable bonds is 4. The van der Waals surface area contributed by atoms with Crippen molar-refractivity contribution in [2.45, 2.75) is 40.3 Å². The molecule has 0 saturated carbocycles. The molecule has 2 heterocycles. The smallest absolute Gasteiger partial charge is 0.339 e. The molecule has 1 aliphatic rings. The maximum Gasteiger partial charge on any atom is 0.339 e. The van der Waals surface area contributed by atoms with Crippen molar-refractivity contribution in [3.05, 3.63) is 68.6 Å². The Labute approximate surface area is 164 Å². The van der Waals surface area contributed by atoms with E-state index in [0.717, 1.165) is 52.2 Å². The van der Waals surface area contributed by atoms with Crippen LogP contribution in [0.15, 0.2) is 39.5 Å². The van der Waals surface area contributed by atoms with Crippen LogP contribution in [0.3, 0.4) is 0 Å². The molecule has 4 rings (SSSR count). The Kier molecular flexibility index (Phi) is 4.85. The predicted molar refractivity (Wildman–Crippen MR) is 109 cm³/mol. The van der Waals surface area contributed by atoms with Crippen LogP contribution in [0.2, 0.25) is 0 Å². The first-order valence-electron chi connectivity index (χ1n) is 9.58. The summed E-state index contributed by atoms with van der Waals surface area (Å²) in [7, 11) is 1.67. The fourth-order valence-electron chi connectivity index (χ4n) is 3.99. The molecule has 0 radical (unpaired) electrons. The number of benzene rings is 2.